The fourth-order valence-corrected chi connectivity index (χ4v) is 10.7. The lowest BCUT2D eigenvalue weighted by atomic mass is 9.70. The van der Waals surface area contributed by atoms with Gasteiger partial charge in [-0.25, -0.2) is 0 Å². The smallest absolute Gasteiger partial charge is 0.0726 e. The van der Waals surface area contributed by atoms with Crippen LogP contribution in [0.25, 0.3) is 55.6 Å². The number of fused-ring (bicyclic) bond motifs is 11. The van der Waals surface area contributed by atoms with Gasteiger partial charge in [0.05, 0.1) is 11.1 Å². The summed E-state index contributed by atoms with van der Waals surface area (Å²) in [5.74, 6) is 0. The predicted octanol–water partition coefficient (Wildman–Crippen LogP) is 15.4. The Morgan fingerprint density at radius 1 is 0.300 bits per heavy atom. The third kappa shape index (κ3) is 5.32. The molecule has 0 N–H and O–H groups in total. The number of rotatable bonds is 6. The van der Waals surface area contributed by atoms with Gasteiger partial charge in [-0.05, 0) is 146 Å². The van der Waals surface area contributed by atoms with Gasteiger partial charge in [-0.15, -0.1) is 0 Å². The van der Waals surface area contributed by atoms with Crippen molar-refractivity contribution in [3.8, 4) is 55.6 Å². The number of hydrogen-bond donors (Lipinski definition) is 0. The molecule has 3 aliphatic carbocycles. The lowest BCUT2D eigenvalue weighted by molar-refractivity contribution is 0.686. The lowest BCUT2D eigenvalue weighted by Crippen LogP contribution is -2.26. The SMILES string of the molecule is c1ccc(-c2ccc(N(c3ccc(-c4ccccc4)cc3)c3cc4c(cc3-c3ccc5c(c3)CCCC5)-c3ccccc3C43c4ccccc4-c4ccccc43)cc2)cc1. The summed E-state index contributed by atoms with van der Waals surface area (Å²) >= 11 is 0. The molecule has 0 aromatic heterocycles. The zero-order chi connectivity index (χ0) is 39.6. The lowest BCUT2D eigenvalue weighted by Gasteiger charge is -2.33. The monoisotopic (exact) mass is 765 g/mol. The highest BCUT2D eigenvalue weighted by Gasteiger charge is 2.52. The molecular formula is C59H43N. The minimum atomic E-state index is -0.456. The van der Waals surface area contributed by atoms with E-state index in [0.29, 0.717) is 0 Å². The van der Waals surface area contributed by atoms with Crippen LogP contribution in [0, 0.1) is 0 Å². The molecule has 0 radical (unpaired) electrons. The maximum atomic E-state index is 2.57. The van der Waals surface area contributed by atoms with Gasteiger partial charge in [-0.2, -0.15) is 0 Å². The Morgan fingerprint density at radius 2 is 0.733 bits per heavy atom. The van der Waals surface area contributed by atoms with E-state index in [9.17, 15) is 0 Å². The van der Waals surface area contributed by atoms with Crippen molar-refractivity contribution in [2.75, 3.05) is 4.90 Å². The molecule has 0 heterocycles. The third-order valence-corrected chi connectivity index (χ3v) is 13.5. The van der Waals surface area contributed by atoms with Crippen molar-refractivity contribution >= 4 is 17.1 Å². The van der Waals surface area contributed by atoms with E-state index in [4.69, 9.17) is 0 Å². The molecule has 9 aromatic rings. The standard InChI is InChI=1S/C59H43N/c1-3-15-40(16-4-1)43-29-33-47(34-30-43)60(48-35-31-44(32-36-48)41-17-5-2-6-18-41)58-39-57-53(38-52(58)46-28-27-42-19-7-8-20-45(42)37-46)51-23-11-14-26-56(51)59(57)54-24-12-9-21-49(54)50-22-10-13-25-55(50)59/h1-6,9-18,21-39H,7-8,19-20H2. The third-order valence-electron chi connectivity index (χ3n) is 13.5. The van der Waals surface area contributed by atoms with Crippen molar-refractivity contribution in [2.45, 2.75) is 31.1 Å². The van der Waals surface area contributed by atoms with E-state index in [1.165, 1.54) is 108 Å². The van der Waals surface area contributed by atoms with Gasteiger partial charge in [-0.3, -0.25) is 0 Å². The second kappa shape index (κ2) is 14.0. The van der Waals surface area contributed by atoms with Crippen molar-refractivity contribution in [2.24, 2.45) is 0 Å². The van der Waals surface area contributed by atoms with E-state index in [1.807, 2.05) is 0 Å². The first-order valence-corrected chi connectivity index (χ1v) is 21.5. The fraction of sp³-hybridized carbons (Fsp3) is 0.0847. The normalized spacial score (nSPS) is 13.9. The summed E-state index contributed by atoms with van der Waals surface area (Å²) < 4.78 is 0. The Kier molecular flexibility index (Phi) is 8.10. The molecule has 9 aromatic carbocycles. The minimum absolute atomic E-state index is 0.456. The summed E-state index contributed by atoms with van der Waals surface area (Å²) in [6, 6.07) is 79.6. The summed E-state index contributed by atoms with van der Waals surface area (Å²) in [7, 11) is 0. The van der Waals surface area contributed by atoms with Gasteiger partial charge in [0, 0.05) is 16.9 Å². The van der Waals surface area contributed by atoms with E-state index >= 15 is 0 Å². The zero-order valence-electron chi connectivity index (χ0n) is 33.5. The largest absolute Gasteiger partial charge is 0.310 e. The van der Waals surface area contributed by atoms with Gasteiger partial charge in [0.25, 0.3) is 0 Å². The highest BCUT2D eigenvalue weighted by atomic mass is 15.1. The quantitative estimate of drug-likeness (QED) is 0.163. The zero-order valence-corrected chi connectivity index (χ0v) is 33.5. The molecule has 0 atom stereocenters. The van der Waals surface area contributed by atoms with Crippen LogP contribution in [0.15, 0.2) is 212 Å². The van der Waals surface area contributed by atoms with Crippen LogP contribution in [0.2, 0.25) is 0 Å². The molecule has 0 fully saturated rings. The molecular weight excluding hydrogens is 723 g/mol. The Morgan fingerprint density at radius 3 is 1.27 bits per heavy atom. The first-order chi connectivity index (χ1) is 29.8. The topological polar surface area (TPSA) is 3.24 Å². The van der Waals surface area contributed by atoms with Crippen LogP contribution in [0.1, 0.15) is 46.2 Å². The molecule has 1 spiro atoms. The number of aryl methyl sites for hydroxylation is 2. The minimum Gasteiger partial charge on any atom is -0.310 e. The molecule has 284 valence electrons. The van der Waals surface area contributed by atoms with Gasteiger partial charge in [-0.1, -0.05) is 176 Å². The fourth-order valence-electron chi connectivity index (χ4n) is 10.7. The summed E-state index contributed by atoms with van der Waals surface area (Å²) in [5, 5.41) is 0. The molecule has 60 heavy (non-hydrogen) atoms. The maximum Gasteiger partial charge on any atom is 0.0726 e. The average Bonchev–Trinajstić information content (AvgIpc) is 3.79. The summed E-state index contributed by atoms with van der Waals surface area (Å²) in [6.45, 7) is 0. The van der Waals surface area contributed by atoms with E-state index in [-0.39, 0.29) is 0 Å². The van der Waals surface area contributed by atoms with Crippen molar-refractivity contribution in [3.05, 3.63) is 246 Å². The van der Waals surface area contributed by atoms with Crippen molar-refractivity contribution in [1.29, 1.82) is 0 Å². The van der Waals surface area contributed by atoms with Crippen molar-refractivity contribution in [3.63, 3.8) is 0 Å². The van der Waals surface area contributed by atoms with Crippen LogP contribution in [-0.4, -0.2) is 0 Å². The Hall–Kier alpha value is -7.22. The van der Waals surface area contributed by atoms with Crippen LogP contribution in [0.3, 0.4) is 0 Å². The summed E-state index contributed by atoms with van der Waals surface area (Å²) in [4.78, 5) is 2.52. The van der Waals surface area contributed by atoms with Gasteiger partial charge in [0.2, 0.25) is 0 Å². The molecule has 12 rings (SSSR count). The Balaban J connectivity index is 1.15. The van der Waals surface area contributed by atoms with Crippen molar-refractivity contribution < 1.29 is 0 Å². The van der Waals surface area contributed by atoms with E-state index in [0.717, 1.165) is 24.2 Å². The molecule has 1 nitrogen and oxygen atoms in total. The first kappa shape index (κ1) is 34.8. The predicted molar refractivity (Wildman–Crippen MR) is 250 cm³/mol. The number of anilines is 3. The Bertz CT molecular complexity index is 2940. The van der Waals surface area contributed by atoms with Crippen LogP contribution < -0.4 is 4.90 Å². The van der Waals surface area contributed by atoms with E-state index in [2.05, 4.69) is 217 Å². The summed E-state index contributed by atoms with van der Waals surface area (Å²) in [6.07, 6.45) is 4.81. The molecule has 1 heteroatoms. The first-order valence-electron chi connectivity index (χ1n) is 21.5. The molecule has 0 amide bonds. The highest BCUT2D eigenvalue weighted by molar-refractivity contribution is 6.00. The van der Waals surface area contributed by atoms with E-state index in [1.54, 1.807) is 0 Å². The molecule has 0 bridgehead atoms. The highest BCUT2D eigenvalue weighted by Crippen LogP contribution is 2.64. The number of hydrogen-bond acceptors (Lipinski definition) is 1. The van der Waals surface area contributed by atoms with Gasteiger partial charge in [0.1, 0.15) is 0 Å². The van der Waals surface area contributed by atoms with Gasteiger partial charge < -0.3 is 4.90 Å². The van der Waals surface area contributed by atoms with Crippen LogP contribution >= 0.6 is 0 Å². The Labute approximate surface area is 352 Å². The van der Waals surface area contributed by atoms with Crippen LogP contribution in [0.4, 0.5) is 17.1 Å². The number of nitrogens with zero attached hydrogens (tertiary/aromatic N) is 1. The molecule has 0 aliphatic heterocycles. The molecule has 3 aliphatic rings. The van der Waals surface area contributed by atoms with E-state index < -0.39 is 5.41 Å². The molecule has 0 saturated heterocycles. The van der Waals surface area contributed by atoms with Gasteiger partial charge in [0.15, 0.2) is 0 Å². The van der Waals surface area contributed by atoms with Crippen LogP contribution in [0.5, 0.6) is 0 Å². The molecule has 0 saturated carbocycles. The number of benzene rings is 9. The maximum absolute atomic E-state index is 2.57. The second-order valence-corrected chi connectivity index (χ2v) is 16.7. The van der Waals surface area contributed by atoms with Gasteiger partial charge >= 0.3 is 0 Å². The average molecular weight is 766 g/mol. The van der Waals surface area contributed by atoms with Crippen molar-refractivity contribution in [1.82, 2.24) is 0 Å². The second-order valence-electron chi connectivity index (χ2n) is 16.7. The molecule has 0 unspecified atom stereocenters. The summed E-state index contributed by atoms with van der Waals surface area (Å²) in [5.41, 5.74) is 24.0. The van der Waals surface area contributed by atoms with Crippen LogP contribution in [-0.2, 0) is 18.3 Å².